The molecule has 19 heavy (non-hydrogen) atoms. The molecule has 2 aromatic rings. The van der Waals surface area contributed by atoms with E-state index in [2.05, 4.69) is 11.8 Å². The monoisotopic (exact) mass is 293 g/mol. The van der Waals surface area contributed by atoms with E-state index in [1.807, 2.05) is 17.5 Å². The standard InChI is InChI=1S/C15H16ClNOS/c1-10-4-2-3-7-17(10)13-9-19-14-6-5-11(16)8-12(14)15(13)18/h5-6,8-10H,2-4,7H2,1H3/t10-/m0/s1. The van der Waals surface area contributed by atoms with E-state index in [4.69, 9.17) is 11.6 Å². The Morgan fingerprint density at radius 2 is 2.21 bits per heavy atom. The summed E-state index contributed by atoms with van der Waals surface area (Å²) in [7, 11) is 0. The Hall–Kier alpha value is -1.06. The first-order chi connectivity index (χ1) is 9.16. The number of piperidine rings is 1. The normalized spacial score (nSPS) is 19.9. The second-order valence-corrected chi connectivity index (χ2v) is 6.48. The van der Waals surface area contributed by atoms with Crippen LogP contribution in [0.5, 0.6) is 0 Å². The van der Waals surface area contributed by atoms with Crippen molar-refractivity contribution in [2.45, 2.75) is 32.2 Å². The Labute approximate surface area is 121 Å². The molecule has 4 heteroatoms. The van der Waals surface area contributed by atoms with Crippen LogP contribution < -0.4 is 10.3 Å². The minimum atomic E-state index is 0.116. The van der Waals surface area contributed by atoms with Crippen molar-refractivity contribution >= 4 is 38.7 Å². The molecule has 1 saturated heterocycles. The highest BCUT2D eigenvalue weighted by Gasteiger charge is 2.21. The van der Waals surface area contributed by atoms with Crippen molar-refractivity contribution in [3.63, 3.8) is 0 Å². The van der Waals surface area contributed by atoms with Gasteiger partial charge < -0.3 is 4.90 Å². The molecule has 0 N–H and O–H groups in total. The van der Waals surface area contributed by atoms with E-state index >= 15 is 0 Å². The van der Waals surface area contributed by atoms with E-state index < -0.39 is 0 Å². The maximum absolute atomic E-state index is 12.6. The average molecular weight is 294 g/mol. The van der Waals surface area contributed by atoms with Gasteiger partial charge >= 0.3 is 0 Å². The number of fused-ring (bicyclic) bond motifs is 1. The van der Waals surface area contributed by atoms with E-state index in [1.165, 1.54) is 12.8 Å². The maximum Gasteiger partial charge on any atom is 0.211 e. The fourth-order valence-corrected chi connectivity index (χ4v) is 3.83. The summed E-state index contributed by atoms with van der Waals surface area (Å²) >= 11 is 7.63. The van der Waals surface area contributed by atoms with Crippen LogP contribution in [-0.4, -0.2) is 12.6 Å². The molecular formula is C15H16ClNOS. The lowest BCUT2D eigenvalue weighted by Gasteiger charge is -2.34. The minimum Gasteiger partial charge on any atom is -0.365 e. The van der Waals surface area contributed by atoms with Gasteiger partial charge in [0.25, 0.3) is 0 Å². The number of halogens is 1. The van der Waals surface area contributed by atoms with Crippen LogP contribution in [-0.2, 0) is 0 Å². The molecule has 2 nitrogen and oxygen atoms in total. The molecule has 2 heterocycles. The smallest absolute Gasteiger partial charge is 0.211 e. The Kier molecular flexibility index (Phi) is 3.50. The number of rotatable bonds is 1. The summed E-state index contributed by atoms with van der Waals surface area (Å²) in [6.07, 6.45) is 3.59. The third-order valence-corrected chi connectivity index (χ3v) is 5.01. The topological polar surface area (TPSA) is 20.3 Å². The molecule has 1 aromatic carbocycles. The summed E-state index contributed by atoms with van der Waals surface area (Å²) in [5.41, 5.74) is 0.956. The van der Waals surface area contributed by atoms with Gasteiger partial charge in [-0.3, -0.25) is 4.79 Å². The fourth-order valence-electron chi connectivity index (χ4n) is 2.75. The van der Waals surface area contributed by atoms with Gasteiger partial charge in [0, 0.05) is 33.1 Å². The molecular weight excluding hydrogens is 278 g/mol. The lowest BCUT2D eigenvalue weighted by Crippen LogP contribution is -2.39. The molecule has 100 valence electrons. The summed E-state index contributed by atoms with van der Waals surface area (Å²) in [6.45, 7) is 3.18. The highest BCUT2D eigenvalue weighted by molar-refractivity contribution is 7.16. The van der Waals surface area contributed by atoms with Crippen molar-refractivity contribution in [2.75, 3.05) is 11.4 Å². The number of benzene rings is 1. The maximum atomic E-state index is 12.6. The van der Waals surface area contributed by atoms with Crippen LogP contribution in [0, 0.1) is 0 Å². The molecule has 0 radical (unpaired) electrons. The molecule has 0 saturated carbocycles. The molecule has 3 rings (SSSR count). The number of hydrogen-bond donors (Lipinski definition) is 0. The first-order valence-electron chi connectivity index (χ1n) is 6.64. The molecule has 1 atom stereocenters. The molecule has 0 unspecified atom stereocenters. The summed E-state index contributed by atoms with van der Waals surface area (Å²) in [6, 6.07) is 5.99. The van der Waals surface area contributed by atoms with Crippen LogP contribution in [0.3, 0.4) is 0 Å². The summed E-state index contributed by atoms with van der Waals surface area (Å²) in [4.78, 5) is 14.9. The average Bonchev–Trinajstić information content (AvgIpc) is 2.41. The van der Waals surface area contributed by atoms with E-state index in [9.17, 15) is 4.79 Å². The Morgan fingerprint density at radius 1 is 1.37 bits per heavy atom. The second kappa shape index (κ2) is 5.14. The molecule has 0 spiro atoms. The van der Waals surface area contributed by atoms with Gasteiger partial charge in [0.15, 0.2) is 0 Å². The van der Waals surface area contributed by atoms with Gasteiger partial charge in [0.2, 0.25) is 5.43 Å². The third-order valence-electron chi connectivity index (χ3n) is 3.83. The summed E-state index contributed by atoms with van der Waals surface area (Å²) in [5.74, 6) is 0. The quantitative estimate of drug-likeness (QED) is 0.781. The van der Waals surface area contributed by atoms with Gasteiger partial charge in [-0.1, -0.05) is 11.6 Å². The van der Waals surface area contributed by atoms with Crippen LogP contribution in [0.4, 0.5) is 5.69 Å². The van der Waals surface area contributed by atoms with E-state index in [0.717, 1.165) is 28.7 Å². The van der Waals surface area contributed by atoms with E-state index in [0.29, 0.717) is 11.1 Å². The Bertz CT molecular complexity index is 667. The zero-order valence-corrected chi connectivity index (χ0v) is 12.4. The molecule has 1 aliphatic heterocycles. The summed E-state index contributed by atoms with van der Waals surface area (Å²) in [5, 5.41) is 3.37. The lowest BCUT2D eigenvalue weighted by atomic mass is 10.0. The molecule has 1 aliphatic rings. The molecule has 0 bridgehead atoms. The number of anilines is 1. The van der Waals surface area contributed by atoms with Crippen LogP contribution in [0.1, 0.15) is 26.2 Å². The number of nitrogens with zero attached hydrogens (tertiary/aromatic N) is 1. The van der Waals surface area contributed by atoms with Gasteiger partial charge in [-0.05, 0) is 44.4 Å². The van der Waals surface area contributed by atoms with Crippen molar-refractivity contribution < 1.29 is 0 Å². The van der Waals surface area contributed by atoms with Gasteiger partial charge in [-0.15, -0.1) is 11.3 Å². The first kappa shape index (κ1) is 12.9. The van der Waals surface area contributed by atoms with Gasteiger partial charge in [-0.2, -0.15) is 0 Å². The van der Waals surface area contributed by atoms with Crippen molar-refractivity contribution in [3.8, 4) is 0 Å². The van der Waals surface area contributed by atoms with E-state index in [-0.39, 0.29) is 5.43 Å². The van der Waals surface area contributed by atoms with Crippen LogP contribution in [0.25, 0.3) is 10.1 Å². The molecule has 1 aromatic heterocycles. The van der Waals surface area contributed by atoms with Gasteiger partial charge in [0.1, 0.15) is 0 Å². The van der Waals surface area contributed by atoms with E-state index in [1.54, 1.807) is 17.4 Å². The largest absolute Gasteiger partial charge is 0.365 e. The highest BCUT2D eigenvalue weighted by Crippen LogP contribution is 2.27. The molecule has 0 amide bonds. The Balaban J connectivity index is 2.14. The second-order valence-electron chi connectivity index (χ2n) is 5.13. The van der Waals surface area contributed by atoms with Crippen molar-refractivity contribution in [1.29, 1.82) is 0 Å². The molecule has 0 aliphatic carbocycles. The van der Waals surface area contributed by atoms with Crippen LogP contribution in [0.2, 0.25) is 5.02 Å². The fraction of sp³-hybridized carbons (Fsp3) is 0.400. The van der Waals surface area contributed by atoms with Gasteiger partial charge in [0.05, 0.1) is 5.69 Å². The lowest BCUT2D eigenvalue weighted by molar-refractivity contribution is 0.484. The zero-order chi connectivity index (χ0) is 13.4. The SMILES string of the molecule is C[C@H]1CCCCN1c1csc2ccc(Cl)cc2c1=O. The third kappa shape index (κ3) is 2.37. The predicted octanol–water partition coefficient (Wildman–Crippen LogP) is 4.29. The number of hydrogen-bond acceptors (Lipinski definition) is 3. The highest BCUT2D eigenvalue weighted by atomic mass is 35.5. The van der Waals surface area contributed by atoms with Crippen LogP contribution >= 0.6 is 22.9 Å². The van der Waals surface area contributed by atoms with Gasteiger partial charge in [-0.25, -0.2) is 0 Å². The predicted molar refractivity (Wildman–Crippen MR) is 83.8 cm³/mol. The Morgan fingerprint density at radius 3 is 3.00 bits per heavy atom. The van der Waals surface area contributed by atoms with Crippen molar-refractivity contribution in [1.82, 2.24) is 0 Å². The summed E-state index contributed by atoms with van der Waals surface area (Å²) < 4.78 is 1.00. The zero-order valence-electron chi connectivity index (χ0n) is 10.9. The van der Waals surface area contributed by atoms with Crippen molar-refractivity contribution in [2.24, 2.45) is 0 Å². The minimum absolute atomic E-state index is 0.116. The van der Waals surface area contributed by atoms with Crippen molar-refractivity contribution in [3.05, 3.63) is 38.8 Å². The van der Waals surface area contributed by atoms with Crippen LogP contribution in [0.15, 0.2) is 28.4 Å². The molecule has 1 fully saturated rings. The first-order valence-corrected chi connectivity index (χ1v) is 7.90.